The van der Waals surface area contributed by atoms with E-state index in [2.05, 4.69) is 49.1 Å². The second-order valence-corrected chi connectivity index (χ2v) is 13.1. The van der Waals surface area contributed by atoms with Gasteiger partial charge < -0.3 is 29.3 Å². The van der Waals surface area contributed by atoms with Crippen molar-refractivity contribution in [1.82, 2.24) is 15.1 Å². The molecule has 0 aromatic heterocycles. The molecule has 4 aliphatic rings. The summed E-state index contributed by atoms with van der Waals surface area (Å²) >= 11 is 0. The van der Waals surface area contributed by atoms with E-state index >= 15 is 0 Å². The zero-order valence-electron chi connectivity index (χ0n) is 26.6. The van der Waals surface area contributed by atoms with E-state index in [0.717, 1.165) is 74.5 Å². The average molecular weight is 590 g/mol. The lowest BCUT2D eigenvalue weighted by atomic mass is 9.75. The third-order valence-electron chi connectivity index (χ3n) is 9.06. The van der Waals surface area contributed by atoms with Gasteiger partial charge in [-0.2, -0.15) is 0 Å². The van der Waals surface area contributed by atoms with Gasteiger partial charge >= 0.3 is 5.97 Å². The Morgan fingerprint density at radius 3 is 2.30 bits per heavy atom. The fourth-order valence-electron chi connectivity index (χ4n) is 6.24. The van der Waals surface area contributed by atoms with Gasteiger partial charge in [-0.3, -0.25) is 4.79 Å². The van der Waals surface area contributed by atoms with Crippen LogP contribution in [0.15, 0.2) is 65.1 Å². The van der Waals surface area contributed by atoms with Crippen LogP contribution in [0.25, 0.3) is 0 Å². The lowest BCUT2D eigenvalue weighted by Crippen LogP contribution is -2.45. The molecule has 2 atom stereocenters. The van der Waals surface area contributed by atoms with Gasteiger partial charge in [-0.05, 0) is 110 Å². The molecule has 8 nitrogen and oxygen atoms in total. The van der Waals surface area contributed by atoms with Gasteiger partial charge in [-0.1, -0.05) is 17.7 Å². The Morgan fingerprint density at radius 2 is 1.67 bits per heavy atom. The summed E-state index contributed by atoms with van der Waals surface area (Å²) in [7, 11) is 4.26. The highest BCUT2D eigenvalue weighted by molar-refractivity contribution is 6.01. The maximum Gasteiger partial charge on any atom is 0.355 e. The molecule has 0 saturated carbocycles. The zero-order valence-corrected chi connectivity index (χ0v) is 26.6. The van der Waals surface area contributed by atoms with Crippen molar-refractivity contribution in [3.05, 3.63) is 76.2 Å². The molecule has 2 unspecified atom stereocenters. The molecule has 232 valence electrons. The maximum absolute atomic E-state index is 13.4. The number of ether oxygens (including phenoxy) is 3. The Hall–Kier alpha value is -3.36. The summed E-state index contributed by atoms with van der Waals surface area (Å²) in [5.41, 5.74) is 3.07. The van der Waals surface area contributed by atoms with Gasteiger partial charge in [0.2, 0.25) is 0 Å². The molecular formula is C35H47N3O5. The van der Waals surface area contributed by atoms with Gasteiger partial charge in [-0.25, -0.2) is 4.79 Å². The molecule has 5 rings (SSSR count). The second-order valence-electron chi connectivity index (χ2n) is 13.1. The summed E-state index contributed by atoms with van der Waals surface area (Å²) in [4.78, 5) is 31.2. The molecule has 2 saturated heterocycles. The van der Waals surface area contributed by atoms with Gasteiger partial charge in [0, 0.05) is 42.7 Å². The van der Waals surface area contributed by atoms with Gasteiger partial charge in [0.15, 0.2) is 0 Å². The fraction of sp³-hybridized carbons (Fsp3) is 0.543. The molecule has 0 bridgehead atoms. The number of likely N-dealkylation sites (tertiary alicyclic amines) is 2. The van der Waals surface area contributed by atoms with Crippen LogP contribution in [-0.2, 0) is 20.7 Å². The molecule has 0 spiro atoms. The number of benzene rings is 1. The number of nitrogens with one attached hydrogen (secondary N) is 1. The van der Waals surface area contributed by atoms with E-state index in [0.29, 0.717) is 12.0 Å². The van der Waals surface area contributed by atoms with Crippen molar-refractivity contribution in [3.8, 4) is 5.75 Å². The molecule has 43 heavy (non-hydrogen) atoms. The Kier molecular flexibility index (Phi) is 9.47. The van der Waals surface area contributed by atoms with Crippen LogP contribution in [0, 0.1) is 5.41 Å². The summed E-state index contributed by atoms with van der Waals surface area (Å²) in [5.74, 6) is 0.685. The van der Waals surface area contributed by atoms with Crippen molar-refractivity contribution in [3.63, 3.8) is 0 Å². The van der Waals surface area contributed by atoms with Crippen molar-refractivity contribution in [1.29, 1.82) is 0 Å². The number of carbonyl (C=O) groups excluding carboxylic acids is 2. The number of carbonyl (C=O) groups is 2. The number of esters is 1. The largest absolute Gasteiger partial charge is 0.490 e. The molecule has 1 aromatic rings. The van der Waals surface area contributed by atoms with Crippen molar-refractivity contribution in [2.45, 2.75) is 78.1 Å². The van der Waals surface area contributed by atoms with Crippen molar-refractivity contribution < 1.29 is 23.8 Å². The number of hydrogen-bond donors (Lipinski definition) is 1. The monoisotopic (exact) mass is 589 g/mol. The van der Waals surface area contributed by atoms with Crippen LogP contribution in [0.5, 0.6) is 5.75 Å². The standard InChI is InChI=1S/C35H47N3O5/c1-23(2)7-8-25-21-26(9-10-31(25)42-28-14-19-38(6)20-15-28)33(39)36-29-22-35(4)16-11-30(24(3)32(35)43-34(29)40)41-27-12-17-37(5)18-13-27/h7,9-11,16,21-22,27-28,32H,8,12-15,17-20H2,1-6H3,(H,36,39). The highest BCUT2D eigenvalue weighted by atomic mass is 16.5. The third-order valence-corrected chi connectivity index (χ3v) is 9.06. The molecule has 1 aromatic carbocycles. The van der Waals surface area contributed by atoms with E-state index in [1.807, 2.05) is 44.2 Å². The quantitative estimate of drug-likeness (QED) is 0.331. The van der Waals surface area contributed by atoms with Gasteiger partial charge in [0.05, 0.1) is 0 Å². The van der Waals surface area contributed by atoms with Crippen molar-refractivity contribution >= 4 is 11.9 Å². The molecule has 1 N–H and O–H groups in total. The van der Waals surface area contributed by atoms with E-state index in [9.17, 15) is 9.59 Å². The molecule has 1 aliphatic carbocycles. The summed E-state index contributed by atoms with van der Waals surface area (Å²) in [6.45, 7) is 12.1. The first kappa shape index (κ1) is 31.1. The van der Waals surface area contributed by atoms with E-state index in [1.54, 1.807) is 6.07 Å². The number of fused-ring (bicyclic) bond motifs is 1. The predicted octanol–water partition coefficient (Wildman–Crippen LogP) is 5.17. The summed E-state index contributed by atoms with van der Waals surface area (Å²) in [6.07, 6.45) is 12.3. The normalized spacial score (nSPS) is 25.5. The number of piperidine rings is 2. The van der Waals surface area contributed by atoms with Crippen LogP contribution in [-0.4, -0.2) is 80.3 Å². The van der Waals surface area contributed by atoms with Crippen LogP contribution in [0.4, 0.5) is 0 Å². The number of nitrogens with zero attached hydrogens (tertiary/aromatic N) is 2. The first-order valence-corrected chi connectivity index (χ1v) is 15.6. The highest BCUT2D eigenvalue weighted by Crippen LogP contribution is 2.42. The fourth-order valence-corrected chi connectivity index (χ4v) is 6.24. The second kappa shape index (κ2) is 13.1. The number of hydrogen-bond acceptors (Lipinski definition) is 7. The van der Waals surface area contributed by atoms with Crippen LogP contribution in [0.1, 0.15) is 69.3 Å². The Morgan fingerprint density at radius 1 is 1.05 bits per heavy atom. The Bertz CT molecular complexity index is 1340. The number of allylic oxidation sites excluding steroid dienone is 3. The van der Waals surface area contributed by atoms with E-state index < -0.39 is 17.5 Å². The highest BCUT2D eigenvalue weighted by Gasteiger charge is 2.44. The van der Waals surface area contributed by atoms with Crippen LogP contribution >= 0.6 is 0 Å². The molecule has 0 radical (unpaired) electrons. The topological polar surface area (TPSA) is 80.3 Å². The first-order chi connectivity index (χ1) is 20.5. The average Bonchev–Trinajstić information content (AvgIpc) is 2.97. The molecular weight excluding hydrogens is 542 g/mol. The minimum absolute atomic E-state index is 0.151. The summed E-state index contributed by atoms with van der Waals surface area (Å²) in [6, 6.07) is 5.53. The van der Waals surface area contributed by atoms with Crippen LogP contribution in [0.2, 0.25) is 0 Å². The summed E-state index contributed by atoms with van der Waals surface area (Å²) in [5, 5.41) is 2.84. The Labute approximate surface area is 256 Å². The minimum atomic E-state index is -0.597. The van der Waals surface area contributed by atoms with E-state index in [-0.39, 0.29) is 23.8 Å². The van der Waals surface area contributed by atoms with Gasteiger partial charge in [-0.15, -0.1) is 0 Å². The SMILES string of the molecule is CC(C)=CCc1cc(C(=O)NC2=CC3(C)C=CC(OC4CCN(C)CC4)=C(C)C3OC2=O)ccc1OC1CCN(C)CC1. The molecule has 3 heterocycles. The third kappa shape index (κ3) is 7.42. The predicted molar refractivity (Wildman–Crippen MR) is 168 cm³/mol. The number of amides is 1. The zero-order chi connectivity index (χ0) is 30.7. The molecule has 3 aliphatic heterocycles. The molecule has 2 fully saturated rings. The lowest BCUT2D eigenvalue weighted by molar-refractivity contribution is -0.148. The van der Waals surface area contributed by atoms with Crippen LogP contribution < -0.4 is 10.1 Å². The molecule has 8 heteroatoms. The van der Waals surface area contributed by atoms with Gasteiger partial charge in [0.1, 0.15) is 35.5 Å². The van der Waals surface area contributed by atoms with Crippen molar-refractivity contribution in [2.75, 3.05) is 40.3 Å². The minimum Gasteiger partial charge on any atom is -0.490 e. The smallest absolute Gasteiger partial charge is 0.355 e. The van der Waals surface area contributed by atoms with Crippen molar-refractivity contribution in [2.24, 2.45) is 5.41 Å². The van der Waals surface area contributed by atoms with E-state index in [1.165, 1.54) is 5.57 Å². The Balaban J connectivity index is 1.30. The first-order valence-electron chi connectivity index (χ1n) is 15.6. The number of rotatable bonds is 8. The van der Waals surface area contributed by atoms with Gasteiger partial charge in [0.25, 0.3) is 5.91 Å². The van der Waals surface area contributed by atoms with E-state index in [4.69, 9.17) is 14.2 Å². The summed E-state index contributed by atoms with van der Waals surface area (Å²) < 4.78 is 18.7. The lowest BCUT2D eigenvalue weighted by Gasteiger charge is -2.40. The molecule has 1 amide bonds. The maximum atomic E-state index is 13.4. The van der Waals surface area contributed by atoms with Crippen LogP contribution in [0.3, 0.4) is 0 Å².